The summed E-state index contributed by atoms with van der Waals surface area (Å²) in [7, 11) is 1.64. The maximum absolute atomic E-state index is 15.1. The third-order valence-corrected chi connectivity index (χ3v) is 6.49. The van der Waals surface area contributed by atoms with Gasteiger partial charge in [-0.1, -0.05) is 60.7 Å². The molecule has 0 saturated heterocycles. The summed E-state index contributed by atoms with van der Waals surface area (Å²) in [6.07, 6.45) is 2.84. The van der Waals surface area contributed by atoms with Crippen molar-refractivity contribution < 1.29 is 14.0 Å². The number of carbonyl (C=O) groups is 2. The molecule has 0 unspecified atom stereocenters. The molecule has 5 aromatic rings. The van der Waals surface area contributed by atoms with Crippen LogP contribution >= 0.6 is 0 Å². The van der Waals surface area contributed by atoms with Gasteiger partial charge in [-0.2, -0.15) is 10.2 Å². The lowest BCUT2D eigenvalue weighted by atomic mass is 9.84. The molecule has 0 bridgehead atoms. The third kappa shape index (κ3) is 5.70. The van der Waals surface area contributed by atoms with Crippen LogP contribution in [-0.2, 0) is 11.8 Å². The number of carbonyl (C=O) groups excluding carboxylic acids is 2. The zero-order valence-electron chi connectivity index (χ0n) is 21.4. The Balaban J connectivity index is 1.51. The molecule has 2 aromatic heterocycles. The van der Waals surface area contributed by atoms with Gasteiger partial charge in [0.1, 0.15) is 17.6 Å². The Hall–Kier alpha value is -5.38. The van der Waals surface area contributed by atoms with E-state index in [1.165, 1.54) is 35.3 Å². The molecule has 1 atom stereocenters. The van der Waals surface area contributed by atoms with Crippen LogP contribution in [0.2, 0.25) is 0 Å². The van der Waals surface area contributed by atoms with Gasteiger partial charge in [0.2, 0.25) is 5.91 Å². The lowest BCUT2D eigenvalue weighted by Crippen LogP contribution is -2.48. The Morgan fingerprint density at radius 3 is 2.17 bits per heavy atom. The largest absolute Gasteiger partial charge is 0.338 e. The van der Waals surface area contributed by atoms with E-state index < -0.39 is 35.2 Å². The van der Waals surface area contributed by atoms with Crippen molar-refractivity contribution in [2.45, 2.75) is 12.0 Å². The fourth-order valence-corrected chi connectivity index (χ4v) is 4.58. The van der Waals surface area contributed by atoms with Crippen LogP contribution in [0.1, 0.15) is 27.5 Å². The first-order valence-electron chi connectivity index (χ1n) is 12.4. The second-order valence-corrected chi connectivity index (χ2v) is 9.11. The molecule has 0 aliphatic heterocycles. The fraction of sp³-hybridized carbons (Fsp3) is 0.100. The molecular weight excluding hydrogens is 511 g/mol. The zero-order valence-corrected chi connectivity index (χ0v) is 21.4. The molecule has 2 heterocycles. The van der Waals surface area contributed by atoms with Crippen molar-refractivity contribution in [1.29, 1.82) is 0 Å². The van der Waals surface area contributed by atoms with Gasteiger partial charge < -0.3 is 10.6 Å². The van der Waals surface area contributed by atoms with Crippen molar-refractivity contribution in [2.75, 3.05) is 5.32 Å². The number of hydrogen-bond acceptors (Lipinski definition) is 5. The minimum atomic E-state index is -1.08. The van der Waals surface area contributed by atoms with Crippen LogP contribution in [-0.4, -0.2) is 37.8 Å². The number of H-pyrrole nitrogens is 1. The second-order valence-electron chi connectivity index (χ2n) is 9.11. The molecule has 200 valence electrons. The summed E-state index contributed by atoms with van der Waals surface area (Å²) in [5.74, 6) is -2.24. The van der Waals surface area contributed by atoms with Crippen molar-refractivity contribution >= 4 is 17.5 Å². The van der Waals surface area contributed by atoms with Gasteiger partial charge in [0, 0.05) is 42.0 Å². The van der Waals surface area contributed by atoms with Gasteiger partial charge in [0.05, 0.1) is 6.20 Å². The summed E-state index contributed by atoms with van der Waals surface area (Å²) < 4.78 is 16.5. The Morgan fingerprint density at radius 2 is 1.60 bits per heavy atom. The van der Waals surface area contributed by atoms with E-state index in [4.69, 9.17) is 0 Å². The van der Waals surface area contributed by atoms with Gasteiger partial charge in [-0.15, -0.1) is 0 Å². The summed E-state index contributed by atoms with van der Waals surface area (Å²) in [6, 6.07) is 24.6. The number of hydrogen-bond donors (Lipinski definition) is 3. The molecule has 0 radical (unpaired) electrons. The molecule has 0 spiro atoms. The lowest BCUT2D eigenvalue weighted by molar-refractivity contribution is -0.118. The number of nitrogens with one attached hydrogen (secondary N) is 3. The smallest absolute Gasteiger partial charge is 0.270 e. The van der Waals surface area contributed by atoms with Gasteiger partial charge in [0.15, 0.2) is 0 Å². The highest BCUT2D eigenvalue weighted by molar-refractivity contribution is 6.01. The van der Waals surface area contributed by atoms with Crippen LogP contribution in [0, 0.1) is 5.82 Å². The topological polar surface area (TPSA) is 122 Å². The van der Waals surface area contributed by atoms with Crippen molar-refractivity contribution in [3.63, 3.8) is 0 Å². The van der Waals surface area contributed by atoms with Gasteiger partial charge in [-0.25, -0.2) is 9.49 Å². The van der Waals surface area contributed by atoms with Crippen LogP contribution in [0.4, 0.5) is 10.1 Å². The van der Waals surface area contributed by atoms with E-state index >= 15 is 4.39 Å². The lowest BCUT2D eigenvalue weighted by Gasteiger charge is -2.28. The summed E-state index contributed by atoms with van der Waals surface area (Å²) in [5.41, 5.74) is 2.07. The van der Waals surface area contributed by atoms with Gasteiger partial charge in [-0.3, -0.25) is 19.1 Å². The van der Waals surface area contributed by atoms with Gasteiger partial charge in [-0.05, 0) is 35.4 Å². The van der Waals surface area contributed by atoms with E-state index in [0.29, 0.717) is 5.56 Å². The average molecular weight is 537 g/mol. The van der Waals surface area contributed by atoms with Crippen molar-refractivity contribution in [3.05, 3.63) is 136 Å². The minimum absolute atomic E-state index is 0.157. The number of amides is 2. The van der Waals surface area contributed by atoms with Crippen LogP contribution in [0.3, 0.4) is 0 Å². The molecule has 9 nitrogen and oxygen atoms in total. The van der Waals surface area contributed by atoms with Crippen molar-refractivity contribution in [3.8, 4) is 11.1 Å². The molecular formula is C30H25FN6O3. The molecule has 10 heteroatoms. The summed E-state index contributed by atoms with van der Waals surface area (Å²) in [5, 5.41) is 15.7. The molecule has 0 aliphatic carbocycles. The number of aromatic nitrogens is 4. The van der Waals surface area contributed by atoms with E-state index in [0.717, 1.165) is 17.2 Å². The Kier molecular flexibility index (Phi) is 7.58. The van der Waals surface area contributed by atoms with E-state index in [1.807, 2.05) is 60.7 Å². The minimum Gasteiger partial charge on any atom is -0.338 e. The summed E-state index contributed by atoms with van der Waals surface area (Å²) in [4.78, 5) is 38.8. The number of benzene rings is 3. The van der Waals surface area contributed by atoms with E-state index in [1.54, 1.807) is 13.1 Å². The molecule has 40 heavy (non-hydrogen) atoms. The van der Waals surface area contributed by atoms with E-state index in [9.17, 15) is 14.4 Å². The van der Waals surface area contributed by atoms with E-state index in [2.05, 4.69) is 25.9 Å². The summed E-state index contributed by atoms with van der Waals surface area (Å²) in [6.45, 7) is 0. The third-order valence-electron chi connectivity index (χ3n) is 6.49. The molecule has 0 saturated carbocycles. The van der Waals surface area contributed by atoms with Crippen LogP contribution < -0.4 is 16.2 Å². The monoisotopic (exact) mass is 536 g/mol. The van der Waals surface area contributed by atoms with Gasteiger partial charge >= 0.3 is 0 Å². The molecule has 3 aromatic carbocycles. The molecule has 2 amide bonds. The first-order chi connectivity index (χ1) is 19.4. The zero-order chi connectivity index (χ0) is 28.1. The average Bonchev–Trinajstić information content (AvgIpc) is 3.40. The molecule has 0 aliphatic rings. The van der Waals surface area contributed by atoms with Crippen molar-refractivity contribution in [2.24, 2.45) is 7.05 Å². The van der Waals surface area contributed by atoms with Gasteiger partial charge in [0.25, 0.3) is 11.5 Å². The first-order valence-corrected chi connectivity index (χ1v) is 12.4. The Labute approximate surface area is 228 Å². The first kappa shape index (κ1) is 26.2. The molecule has 3 N–H and O–H groups in total. The number of aromatic amines is 1. The predicted octanol–water partition coefficient (Wildman–Crippen LogP) is 3.88. The van der Waals surface area contributed by atoms with E-state index in [-0.39, 0.29) is 16.9 Å². The molecule has 0 fully saturated rings. The SMILES string of the molecule is Cn1nccc1C(=O)N[C@H](C(=O)Nc1ccc(-c2cn[nH]c(=O)c2)c(F)c1)C(c1ccccc1)c1ccccc1. The molecule has 5 rings (SSSR count). The number of nitrogens with zero attached hydrogens (tertiary/aromatic N) is 3. The number of anilines is 1. The maximum atomic E-state index is 15.1. The second kappa shape index (κ2) is 11.6. The standard InChI is InChI=1S/C30H25FN6O3/c1-37-25(14-15-33-37)29(39)35-28(27(19-8-4-2-5-9-19)20-10-6-3-7-11-20)30(40)34-22-12-13-23(24(31)17-22)21-16-26(38)36-32-18-21/h2-18,27-28H,1H3,(H,34,40)(H,35,39)(H,36,38)/t28-/m0/s1. The van der Waals surface area contributed by atoms with Crippen LogP contribution in [0.15, 0.2) is 108 Å². The highest BCUT2D eigenvalue weighted by atomic mass is 19.1. The van der Waals surface area contributed by atoms with Crippen LogP contribution in [0.25, 0.3) is 11.1 Å². The fourth-order valence-electron chi connectivity index (χ4n) is 4.58. The predicted molar refractivity (Wildman–Crippen MR) is 148 cm³/mol. The highest BCUT2D eigenvalue weighted by Crippen LogP contribution is 2.30. The number of halogens is 1. The van der Waals surface area contributed by atoms with Crippen LogP contribution in [0.5, 0.6) is 0 Å². The summed E-state index contributed by atoms with van der Waals surface area (Å²) >= 11 is 0. The Bertz CT molecular complexity index is 1660. The quantitative estimate of drug-likeness (QED) is 0.278. The Morgan fingerprint density at radius 1 is 0.925 bits per heavy atom. The van der Waals surface area contributed by atoms with Crippen molar-refractivity contribution in [1.82, 2.24) is 25.3 Å². The number of aryl methyl sites for hydroxylation is 1. The highest BCUT2D eigenvalue weighted by Gasteiger charge is 2.33. The normalized spacial score (nSPS) is 11.7. The maximum Gasteiger partial charge on any atom is 0.270 e. The number of rotatable bonds is 8.